The first-order chi connectivity index (χ1) is 14.3. The fourth-order valence-corrected chi connectivity index (χ4v) is 4.73. The van der Waals surface area contributed by atoms with E-state index in [1.807, 2.05) is 24.3 Å². The number of nitrogens with zero attached hydrogens (tertiary/aromatic N) is 2. The number of ether oxygens (including phenoxy) is 2. The molecule has 1 aliphatic rings. The number of hydrogen-bond acceptors (Lipinski definition) is 5. The largest absolute Gasteiger partial charge is 0.497 e. The lowest BCUT2D eigenvalue weighted by atomic mass is 10.1. The van der Waals surface area contributed by atoms with Crippen molar-refractivity contribution in [2.24, 2.45) is 0 Å². The minimum absolute atomic E-state index is 0.291. The summed E-state index contributed by atoms with van der Waals surface area (Å²) in [5, 5.41) is 4.47. The molecule has 0 N–H and O–H groups in total. The quantitative estimate of drug-likeness (QED) is 0.538. The average Bonchev–Trinajstić information content (AvgIpc) is 3.29. The van der Waals surface area contributed by atoms with Gasteiger partial charge in [0.2, 0.25) is 0 Å². The third-order valence-corrected chi connectivity index (χ3v) is 6.21. The topological polar surface area (TPSA) is 24.9 Å². The van der Waals surface area contributed by atoms with E-state index in [0.717, 1.165) is 37.7 Å². The Hall–Kier alpha value is -2.34. The highest BCUT2D eigenvalue weighted by molar-refractivity contribution is 7.07. The van der Waals surface area contributed by atoms with Gasteiger partial charge in [0.05, 0.1) is 20.4 Å². The summed E-state index contributed by atoms with van der Waals surface area (Å²) in [7, 11) is 3.42. The van der Waals surface area contributed by atoms with Crippen LogP contribution < -0.4 is 9.47 Å². The summed E-state index contributed by atoms with van der Waals surface area (Å²) in [4.78, 5) is 5.19. The van der Waals surface area contributed by atoms with Gasteiger partial charge in [0.15, 0.2) is 0 Å². The van der Waals surface area contributed by atoms with Gasteiger partial charge in [-0.25, -0.2) is 0 Å². The van der Waals surface area contributed by atoms with Crippen LogP contribution in [0.25, 0.3) is 0 Å². The van der Waals surface area contributed by atoms with Crippen molar-refractivity contribution < 1.29 is 9.47 Å². The summed E-state index contributed by atoms with van der Waals surface area (Å²) in [6.45, 7) is 4.07. The second-order valence-electron chi connectivity index (χ2n) is 7.42. The molecule has 0 atom stereocenters. The molecule has 0 radical (unpaired) electrons. The highest BCUT2D eigenvalue weighted by atomic mass is 32.1. The van der Waals surface area contributed by atoms with Gasteiger partial charge in [-0.1, -0.05) is 24.3 Å². The molecule has 1 aromatic heterocycles. The van der Waals surface area contributed by atoms with E-state index in [0.29, 0.717) is 6.17 Å². The van der Waals surface area contributed by atoms with Crippen molar-refractivity contribution in [3.8, 4) is 11.5 Å². The number of thiophene rings is 1. The maximum atomic E-state index is 5.31. The maximum absolute atomic E-state index is 5.31. The Morgan fingerprint density at radius 3 is 1.72 bits per heavy atom. The third-order valence-electron chi connectivity index (χ3n) is 5.51. The van der Waals surface area contributed by atoms with E-state index in [1.165, 1.54) is 23.1 Å². The maximum Gasteiger partial charge on any atom is 0.118 e. The second-order valence-corrected chi connectivity index (χ2v) is 8.20. The molecule has 152 valence electrons. The first-order valence-corrected chi connectivity index (χ1v) is 11.0. The number of methoxy groups -OCH3 is 2. The summed E-state index contributed by atoms with van der Waals surface area (Å²) in [5.74, 6) is 1.81. The Morgan fingerprint density at radius 1 is 0.793 bits per heavy atom. The normalized spacial score (nSPS) is 16.1. The lowest BCUT2D eigenvalue weighted by Crippen LogP contribution is -2.46. The van der Waals surface area contributed by atoms with Gasteiger partial charge in [-0.3, -0.25) is 9.80 Å². The standard InChI is InChI=1S/C24H28N2O2S/c1-27-22-8-4-19(5-9-22)16-25-13-3-14-26(24(25)21-12-15-29-18-21)17-20-6-10-23(28-2)11-7-20/h4-12,15,18,24H,3,13-14,16-17H2,1-2H3. The molecule has 2 aromatic carbocycles. The summed E-state index contributed by atoms with van der Waals surface area (Å²) in [6, 6.07) is 19.2. The van der Waals surface area contributed by atoms with Crippen molar-refractivity contribution in [1.82, 2.24) is 9.80 Å². The SMILES string of the molecule is COc1ccc(CN2CCCN(Cc3ccc(OC)cc3)C2c2ccsc2)cc1. The van der Waals surface area contributed by atoms with Gasteiger partial charge in [0, 0.05) is 26.2 Å². The minimum Gasteiger partial charge on any atom is -0.497 e. The van der Waals surface area contributed by atoms with Crippen LogP contribution in [0, 0.1) is 0 Å². The van der Waals surface area contributed by atoms with Gasteiger partial charge in [-0.2, -0.15) is 11.3 Å². The number of hydrogen-bond donors (Lipinski definition) is 0. The molecule has 2 heterocycles. The zero-order valence-electron chi connectivity index (χ0n) is 17.1. The Morgan fingerprint density at radius 2 is 1.31 bits per heavy atom. The molecule has 0 unspecified atom stereocenters. The molecular weight excluding hydrogens is 380 g/mol. The average molecular weight is 409 g/mol. The molecule has 5 heteroatoms. The van der Waals surface area contributed by atoms with Crippen LogP contribution in [0.1, 0.15) is 29.3 Å². The Balaban J connectivity index is 1.55. The lowest BCUT2D eigenvalue weighted by molar-refractivity contribution is -0.00884. The van der Waals surface area contributed by atoms with E-state index < -0.39 is 0 Å². The molecule has 1 aliphatic heterocycles. The predicted octanol–water partition coefficient (Wildman–Crippen LogP) is 5.17. The first kappa shape index (κ1) is 20.0. The zero-order valence-corrected chi connectivity index (χ0v) is 17.9. The van der Waals surface area contributed by atoms with Crippen LogP contribution in [0.3, 0.4) is 0 Å². The van der Waals surface area contributed by atoms with E-state index in [9.17, 15) is 0 Å². The summed E-state index contributed by atoms with van der Waals surface area (Å²) in [5.41, 5.74) is 4.02. The van der Waals surface area contributed by atoms with Crippen LogP contribution >= 0.6 is 11.3 Å². The van der Waals surface area contributed by atoms with Crippen molar-refractivity contribution in [2.75, 3.05) is 27.3 Å². The molecular formula is C24H28N2O2S. The highest BCUT2D eigenvalue weighted by Crippen LogP contribution is 2.33. The predicted molar refractivity (Wildman–Crippen MR) is 118 cm³/mol. The van der Waals surface area contributed by atoms with Crippen molar-refractivity contribution in [1.29, 1.82) is 0 Å². The monoisotopic (exact) mass is 408 g/mol. The van der Waals surface area contributed by atoms with E-state index in [2.05, 4.69) is 50.9 Å². The minimum atomic E-state index is 0.291. The number of rotatable bonds is 7. The van der Waals surface area contributed by atoms with Crippen molar-refractivity contribution in [3.63, 3.8) is 0 Å². The molecule has 0 saturated carbocycles. The van der Waals surface area contributed by atoms with Gasteiger partial charge in [-0.05, 0) is 64.2 Å². The van der Waals surface area contributed by atoms with Crippen LogP contribution in [0.5, 0.6) is 11.5 Å². The first-order valence-electron chi connectivity index (χ1n) is 10.0. The van der Waals surface area contributed by atoms with Crippen molar-refractivity contribution >= 4 is 11.3 Å². The molecule has 4 nitrogen and oxygen atoms in total. The molecule has 0 bridgehead atoms. The molecule has 29 heavy (non-hydrogen) atoms. The molecule has 0 aliphatic carbocycles. The van der Waals surface area contributed by atoms with Gasteiger partial charge < -0.3 is 9.47 Å². The lowest BCUT2D eigenvalue weighted by Gasteiger charge is -2.44. The zero-order chi connectivity index (χ0) is 20.1. The van der Waals surface area contributed by atoms with Gasteiger partial charge in [-0.15, -0.1) is 0 Å². The summed E-state index contributed by atoms with van der Waals surface area (Å²) < 4.78 is 10.6. The van der Waals surface area contributed by atoms with Crippen LogP contribution in [0.4, 0.5) is 0 Å². The molecule has 3 aromatic rings. The van der Waals surface area contributed by atoms with Gasteiger partial charge in [0.25, 0.3) is 0 Å². The molecule has 1 fully saturated rings. The van der Waals surface area contributed by atoms with E-state index in [-0.39, 0.29) is 0 Å². The third kappa shape index (κ3) is 4.81. The van der Waals surface area contributed by atoms with E-state index in [1.54, 1.807) is 25.6 Å². The van der Waals surface area contributed by atoms with Crippen molar-refractivity contribution in [2.45, 2.75) is 25.7 Å². The van der Waals surface area contributed by atoms with Crippen LogP contribution in [-0.2, 0) is 13.1 Å². The Bertz CT molecular complexity index is 821. The molecule has 0 spiro atoms. The summed E-state index contributed by atoms with van der Waals surface area (Å²) >= 11 is 1.77. The highest BCUT2D eigenvalue weighted by Gasteiger charge is 2.31. The molecule has 0 amide bonds. The van der Waals surface area contributed by atoms with E-state index >= 15 is 0 Å². The summed E-state index contributed by atoms with van der Waals surface area (Å²) in [6.07, 6.45) is 1.46. The fourth-order valence-electron chi connectivity index (χ4n) is 4.06. The van der Waals surface area contributed by atoms with Crippen LogP contribution in [-0.4, -0.2) is 37.1 Å². The van der Waals surface area contributed by atoms with Crippen molar-refractivity contribution in [3.05, 3.63) is 82.0 Å². The van der Waals surface area contributed by atoms with Gasteiger partial charge in [0.1, 0.15) is 11.5 Å². The van der Waals surface area contributed by atoms with Gasteiger partial charge >= 0.3 is 0 Å². The molecule has 4 rings (SSSR count). The smallest absolute Gasteiger partial charge is 0.118 e. The van der Waals surface area contributed by atoms with E-state index in [4.69, 9.17) is 9.47 Å². The van der Waals surface area contributed by atoms with Crippen LogP contribution in [0.15, 0.2) is 65.4 Å². The van der Waals surface area contributed by atoms with Crippen LogP contribution in [0.2, 0.25) is 0 Å². The molecule has 1 saturated heterocycles. The Kier molecular flexibility index (Phi) is 6.49. The fraction of sp³-hybridized carbons (Fsp3) is 0.333. The number of benzene rings is 2. The second kappa shape index (κ2) is 9.44. The Labute approximate surface area is 177 Å².